The number of carbonyl (C=O) groups excluding carboxylic acids is 1. The van der Waals surface area contributed by atoms with E-state index in [1.165, 1.54) is 0 Å². The van der Waals surface area contributed by atoms with Gasteiger partial charge < -0.3 is 4.74 Å². The predicted molar refractivity (Wildman–Crippen MR) is 62.8 cm³/mol. The van der Waals surface area contributed by atoms with Crippen LogP contribution in [-0.4, -0.2) is 28.4 Å². The Morgan fingerprint density at radius 2 is 2.12 bits per heavy atom. The number of aromatic nitrogens is 3. The average Bonchev–Trinajstić information content (AvgIpc) is 2.70. The van der Waals surface area contributed by atoms with Crippen LogP contribution in [0.5, 0.6) is 5.75 Å². The summed E-state index contributed by atoms with van der Waals surface area (Å²) in [5.41, 5.74) is 2.91. The number of aryl methyl sites for hydroxylation is 1. The largest absolute Gasteiger partial charge is 0.494 e. The second kappa shape index (κ2) is 4.37. The summed E-state index contributed by atoms with van der Waals surface area (Å²) in [4.78, 5) is 10.7. The zero-order chi connectivity index (χ0) is 12.4. The minimum absolute atomic E-state index is 0.341. The van der Waals surface area contributed by atoms with Gasteiger partial charge in [0.15, 0.2) is 6.29 Å². The number of aldehydes is 1. The maximum atomic E-state index is 10.7. The summed E-state index contributed by atoms with van der Waals surface area (Å²) in [5.74, 6) is 0.695. The van der Waals surface area contributed by atoms with E-state index in [0.717, 1.165) is 11.3 Å². The fourth-order valence-electron chi connectivity index (χ4n) is 1.64. The maximum absolute atomic E-state index is 10.7. The summed E-state index contributed by atoms with van der Waals surface area (Å²) >= 11 is 0. The quantitative estimate of drug-likeness (QED) is 0.754. The molecular formula is C12H13N3O2. The Hall–Kier alpha value is -2.17. The number of carbonyl (C=O) groups is 1. The van der Waals surface area contributed by atoms with Crippen molar-refractivity contribution in [1.29, 1.82) is 0 Å². The van der Waals surface area contributed by atoms with E-state index in [1.807, 2.05) is 25.1 Å². The van der Waals surface area contributed by atoms with Crippen molar-refractivity contribution in [3.8, 4) is 11.4 Å². The molecule has 0 aliphatic carbocycles. The standard InChI is InChI=1S/C12H13N3O2/c1-8-4-5-12(17-3)11(6-8)15-9(2)10(7-16)13-14-15/h4-7H,1-3H3. The third-order valence-electron chi connectivity index (χ3n) is 2.60. The van der Waals surface area contributed by atoms with Gasteiger partial charge in [-0.1, -0.05) is 11.3 Å². The Balaban J connectivity index is 2.62. The first-order valence-corrected chi connectivity index (χ1v) is 5.20. The molecule has 0 atom stereocenters. The molecule has 1 heterocycles. The second-order valence-electron chi connectivity index (χ2n) is 3.77. The van der Waals surface area contributed by atoms with Crippen molar-refractivity contribution in [2.45, 2.75) is 13.8 Å². The predicted octanol–water partition coefficient (Wildman–Crippen LogP) is 1.71. The molecule has 0 aliphatic heterocycles. The molecule has 0 aliphatic rings. The number of hydrogen-bond acceptors (Lipinski definition) is 4. The van der Waals surface area contributed by atoms with Crippen LogP contribution in [0.15, 0.2) is 18.2 Å². The van der Waals surface area contributed by atoms with Gasteiger partial charge in [-0.25, -0.2) is 4.68 Å². The van der Waals surface area contributed by atoms with Gasteiger partial charge in [0.2, 0.25) is 0 Å². The van der Waals surface area contributed by atoms with Crippen LogP contribution in [0.1, 0.15) is 21.7 Å². The summed E-state index contributed by atoms with van der Waals surface area (Å²) in [6.45, 7) is 3.78. The molecule has 88 valence electrons. The van der Waals surface area contributed by atoms with E-state index >= 15 is 0 Å². The second-order valence-corrected chi connectivity index (χ2v) is 3.77. The first kappa shape index (κ1) is 11.3. The van der Waals surface area contributed by atoms with E-state index in [-0.39, 0.29) is 0 Å². The number of nitrogens with zero attached hydrogens (tertiary/aromatic N) is 3. The summed E-state index contributed by atoms with van der Waals surface area (Å²) in [6, 6.07) is 5.76. The van der Waals surface area contributed by atoms with E-state index in [4.69, 9.17) is 4.74 Å². The topological polar surface area (TPSA) is 57.0 Å². The third-order valence-corrected chi connectivity index (χ3v) is 2.60. The Morgan fingerprint density at radius 3 is 2.71 bits per heavy atom. The first-order valence-electron chi connectivity index (χ1n) is 5.20. The average molecular weight is 231 g/mol. The van der Waals surface area contributed by atoms with E-state index in [2.05, 4.69) is 10.3 Å². The molecule has 5 nitrogen and oxygen atoms in total. The highest BCUT2D eigenvalue weighted by Crippen LogP contribution is 2.24. The van der Waals surface area contributed by atoms with Gasteiger partial charge in [-0.2, -0.15) is 0 Å². The number of ether oxygens (including phenoxy) is 1. The van der Waals surface area contributed by atoms with Crippen LogP contribution in [0.4, 0.5) is 0 Å². The van der Waals surface area contributed by atoms with Crippen LogP contribution in [0.2, 0.25) is 0 Å². The van der Waals surface area contributed by atoms with Crippen molar-refractivity contribution in [3.05, 3.63) is 35.2 Å². The summed E-state index contributed by atoms with van der Waals surface area (Å²) in [5, 5.41) is 7.77. The van der Waals surface area contributed by atoms with Crippen LogP contribution in [0.25, 0.3) is 5.69 Å². The van der Waals surface area contributed by atoms with Crippen molar-refractivity contribution in [2.24, 2.45) is 0 Å². The fourth-order valence-corrected chi connectivity index (χ4v) is 1.64. The van der Waals surface area contributed by atoms with Gasteiger partial charge in [0, 0.05) is 0 Å². The fraction of sp³-hybridized carbons (Fsp3) is 0.250. The van der Waals surface area contributed by atoms with Gasteiger partial charge in [-0.05, 0) is 31.5 Å². The van der Waals surface area contributed by atoms with E-state index in [0.29, 0.717) is 23.4 Å². The molecule has 5 heteroatoms. The van der Waals surface area contributed by atoms with Crippen LogP contribution < -0.4 is 4.74 Å². The SMILES string of the molecule is COc1ccc(C)cc1-n1nnc(C=O)c1C. The lowest BCUT2D eigenvalue weighted by Gasteiger charge is -2.10. The highest BCUT2D eigenvalue weighted by molar-refractivity contribution is 5.73. The number of rotatable bonds is 3. The van der Waals surface area contributed by atoms with Crippen LogP contribution in [-0.2, 0) is 0 Å². The molecule has 0 amide bonds. The Labute approximate surface area is 99.0 Å². The molecule has 0 unspecified atom stereocenters. The molecule has 1 aromatic heterocycles. The lowest BCUT2D eigenvalue weighted by atomic mass is 10.2. The number of methoxy groups -OCH3 is 1. The van der Waals surface area contributed by atoms with E-state index < -0.39 is 0 Å². The molecule has 2 rings (SSSR count). The van der Waals surface area contributed by atoms with Gasteiger partial charge >= 0.3 is 0 Å². The minimum Gasteiger partial charge on any atom is -0.494 e. The molecule has 2 aromatic rings. The normalized spacial score (nSPS) is 10.3. The molecule has 0 bridgehead atoms. The van der Waals surface area contributed by atoms with Crippen molar-refractivity contribution in [3.63, 3.8) is 0 Å². The van der Waals surface area contributed by atoms with Crippen molar-refractivity contribution in [1.82, 2.24) is 15.0 Å². The maximum Gasteiger partial charge on any atom is 0.172 e. The van der Waals surface area contributed by atoms with Gasteiger partial charge in [-0.15, -0.1) is 5.10 Å². The van der Waals surface area contributed by atoms with Crippen LogP contribution in [0.3, 0.4) is 0 Å². The number of benzene rings is 1. The highest BCUT2D eigenvalue weighted by atomic mass is 16.5. The highest BCUT2D eigenvalue weighted by Gasteiger charge is 2.13. The van der Waals surface area contributed by atoms with Crippen LogP contribution >= 0.6 is 0 Å². The molecule has 0 saturated carbocycles. The van der Waals surface area contributed by atoms with E-state index in [1.54, 1.807) is 18.7 Å². The zero-order valence-corrected chi connectivity index (χ0v) is 9.97. The van der Waals surface area contributed by atoms with Crippen molar-refractivity contribution < 1.29 is 9.53 Å². The number of hydrogen-bond donors (Lipinski definition) is 0. The molecule has 17 heavy (non-hydrogen) atoms. The molecule has 0 N–H and O–H groups in total. The smallest absolute Gasteiger partial charge is 0.172 e. The van der Waals surface area contributed by atoms with Gasteiger partial charge in [0.1, 0.15) is 17.1 Å². The molecule has 0 saturated heterocycles. The lowest BCUT2D eigenvalue weighted by molar-refractivity contribution is 0.111. The molecule has 0 spiro atoms. The first-order chi connectivity index (χ1) is 8.17. The molecule has 1 aromatic carbocycles. The monoisotopic (exact) mass is 231 g/mol. The van der Waals surface area contributed by atoms with Crippen LogP contribution in [0, 0.1) is 13.8 Å². The van der Waals surface area contributed by atoms with Gasteiger partial charge in [0.25, 0.3) is 0 Å². The zero-order valence-electron chi connectivity index (χ0n) is 9.97. The Bertz CT molecular complexity index is 561. The summed E-state index contributed by atoms with van der Waals surface area (Å²) in [7, 11) is 1.60. The van der Waals surface area contributed by atoms with Gasteiger partial charge in [-0.3, -0.25) is 4.79 Å². The summed E-state index contributed by atoms with van der Waals surface area (Å²) in [6.07, 6.45) is 0.696. The Morgan fingerprint density at radius 1 is 1.35 bits per heavy atom. The third kappa shape index (κ3) is 1.91. The summed E-state index contributed by atoms with van der Waals surface area (Å²) < 4.78 is 6.88. The van der Waals surface area contributed by atoms with Crippen molar-refractivity contribution in [2.75, 3.05) is 7.11 Å². The Kier molecular flexibility index (Phi) is 2.91. The van der Waals surface area contributed by atoms with Crippen molar-refractivity contribution >= 4 is 6.29 Å². The molecular weight excluding hydrogens is 218 g/mol. The lowest BCUT2D eigenvalue weighted by Crippen LogP contribution is -2.02. The molecule has 0 fully saturated rings. The van der Waals surface area contributed by atoms with Gasteiger partial charge in [0.05, 0.1) is 12.8 Å². The van der Waals surface area contributed by atoms with E-state index in [9.17, 15) is 4.79 Å². The minimum atomic E-state index is 0.341. The molecule has 0 radical (unpaired) electrons.